The Bertz CT molecular complexity index is 785. The van der Waals surface area contributed by atoms with Crippen molar-refractivity contribution in [1.29, 1.82) is 0 Å². The van der Waals surface area contributed by atoms with Gasteiger partial charge in [0.1, 0.15) is 12.1 Å². The standard InChI is InChI=1S/C19H17F4NO2/c1-24-18(26)17-11-15(19(21,22)23)5-2-14(17)10-13(8-9-25)12-3-6-16(20)7-4-12/h2-7,9,11,13H,8,10H2,1H3,(H,24,26). The smallest absolute Gasteiger partial charge is 0.355 e. The Morgan fingerprint density at radius 2 is 1.81 bits per heavy atom. The lowest BCUT2D eigenvalue weighted by molar-refractivity contribution is -0.137. The minimum Gasteiger partial charge on any atom is -0.355 e. The Labute approximate surface area is 148 Å². The lowest BCUT2D eigenvalue weighted by Gasteiger charge is -2.18. The minimum absolute atomic E-state index is 0.0969. The highest BCUT2D eigenvalue weighted by Crippen LogP contribution is 2.32. The zero-order valence-corrected chi connectivity index (χ0v) is 13.9. The van der Waals surface area contributed by atoms with Crippen molar-refractivity contribution < 1.29 is 27.2 Å². The molecular formula is C19H17F4NO2. The van der Waals surface area contributed by atoms with E-state index in [0.717, 1.165) is 12.1 Å². The molecule has 1 atom stereocenters. The summed E-state index contributed by atoms with van der Waals surface area (Å²) in [4.78, 5) is 23.0. The van der Waals surface area contributed by atoms with Gasteiger partial charge >= 0.3 is 6.18 Å². The minimum atomic E-state index is -4.57. The Morgan fingerprint density at radius 1 is 1.15 bits per heavy atom. The monoisotopic (exact) mass is 367 g/mol. The van der Waals surface area contributed by atoms with Gasteiger partial charge in [0, 0.05) is 19.0 Å². The van der Waals surface area contributed by atoms with E-state index in [1.54, 1.807) is 0 Å². The van der Waals surface area contributed by atoms with Gasteiger partial charge in [-0.25, -0.2) is 4.39 Å². The molecule has 0 heterocycles. The summed E-state index contributed by atoms with van der Waals surface area (Å²) in [6.07, 6.45) is -3.61. The Morgan fingerprint density at radius 3 is 2.35 bits per heavy atom. The average molecular weight is 367 g/mol. The predicted octanol–water partition coefficient (Wildman–Crippen LogP) is 4.12. The van der Waals surface area contributed by atoms with Gasteiger partial charge in [0.05, 0.1) is 5.56 Å². The number of aldehydes is 1. The van der Waals surface area contributed by atoms with Crippen molar-refractivity contribution in [3.8, 4) is 0 Å². The third-order valence-corrected chi connectivity index (χ3v) is 4.10. The van der Waals surface area contributed by atoms with Crippen molar-refractivity contribution >= 4 is 12.2 Å². The summed E-state index contributed by atoms with van der Waals surface area (Å²) in [5.74, 6) is -1.46. The number of carbonyl (C=O) groups is 2. The van der Waals surface area contributed by atoms with E-state index in [-0.39, 0.29) is 24.3 Å². The molecule has 0 aliphatic heterocycles. The first kappa shape index (κ1) is 19.6. The highest BCUT2D eigenvalue weighted by Gasteiger charge is 2.32. The van der Waals surface area contributed by atoms with Crippen molar-refractivity contribution in [2.45, 2.75) is 24.9 Å². The van der Waals surface area contributed by atoms with Crippen LogP contribution in [0.3, 0.4) is 0 Å². The molecule has 0 spiro atoms. The fourth-order valence-corrected chi connectivity index (χ4v) is 2.73. The zero-order chi connectivity index (χ0) is 19.3. The van der Waals surface area contributed by atoms with Crippen molar-refractivity contribution in [3.63, 3.8) is 0 Å². The number of nitrogens with one attached hydrogen (secondary N) is 1. The van der Waals surface area contributed by atoms with Crippen molar-refractivity contribution in [1.82, 2.24) is 5.32 Å². The van der Waals surface area contributed by atoms with Crippen LogP contribution in [0.5, 0.6) is 0 Å². The lowest BCUT2D eigenvalue weighted by atomic mass is 9.87. The third kappa shape index (κ3) is 4.68. The Balaban J connectivity index is 2.42. The van der Waals surface area contributed by atoms with Gasteiger partial charge < -0.3 is 10.1 Å². The topological polar surface area (TPSA) is 46.2 Å². The maximum Gasteiger partial charge on any atom is 0.416 e. The van der Waals surface area contributed by atoms with Crippen LogP contribution in [-0.2, 0) is 17.4 Å². The maximum atomic E-state index is 13.1. The molecule has 0 bridgehead atoms. The van der Waals surface area contributed by atoms with Gasteiger partial charge in [-0.15, -0.1) is 0 Å². The first-order chi connectivity index (χ1) is 12.3. The second kappa shape index (κ2) is 8.12. The molecule has 1 unspecified atom stereocenters. The van der Waals surface area contributed by atoms with Crippen LogP contribution in [0.4, 0.5) is 17.6 Å². The quantitative estimate of drug-likeness (QED) is 0.617. The highest BCUT2D eigenvalue weighted by atomic mass is 19.4. The molecule has 0 aromatic heterocycles. The molecule has 3 nitrogen and oxygen atoms in total. The van der Waals surface area contributed by atoms with E-state index < -0.39 is 23.5 Å². The number of benzene rings is 2. The molecule has 2 rings (SSSR count). The molecule has 26 heavy (non-hydrogen) atoms. The van der Waals surface area contributed by atoms with Crippen molar-refractivity contribution in [3.05, 3.63) is 70.5 Å². The van der Waals surface area contributed by atoms with Crippen LogP contribution < -0.4 is 5.32 Å². The van der Waals surface area contributed by atoms with Crippen LogP contribution in [0.1, 0.15) is 39.4 Å². The number of amides is 1. The van der Waals surface area contributed by atoms with Gasteiger partial charge in [-0.05, 0) is 47.7 Å². The van der Waals surface area contributed by atoms with Gasteiger partial charge in [-0.2, -0.15) is 13.2 Å². The molecule has 2 aromatic rings. The molecule has 0 aliphatic carbocycles. The summed E-state index contributed by atoms with van der Waals surface area (Å²) in [6, 6.07) is 8.50. The fourth-order valence-electron chi connectivity index (χ4n) is 2.73. The summed E-state index contributed by atoms with van der Waals surface area (Å²) in [5.41, 5.74) is 0.0312. The Hall–Kier alpha value is -2.70. The molecule has 1 amide bonds. The average Bonchev–Trinajstić information content (AvgIpc) is 2.60. The third-order valence-electron chi connectivity index (χ3n) is 4.10. The fraction of sp³-hybridized carbons (Fsp3) is 0.263. The van der Waals surface area contributed by atoms with Gasteiger partial charge in [-0.3, -0.25) is 4.79 Å². The maximum absolute atomic E-state index is 13.1. The second-order valence-electron chi connectivity index (χ2n) is 5.80. The van der Waals surface area contributed by atoms with Gasteiger partial charge in [0.2, 0.25) is 0 Å². The van der Waals surface area contributed by atoms with Crippen LogP contribution in [0.25, 0.3) is 0 Å². The molecule has 7 heteroatoms. The normalized spacial score (nSPS) is 12.5. The summed E-state index contributed by atoms with van der Waals surface area (Å²) in [5, 5.41) is 2.33. The summed E-state index contributed by atoms with van der Waals surface area (Å²) < 4.78 is 51.9. The zero-order valence-electron chi connectivity index (χ0n) is 13.9. The van der Waals surface area contributed by atoms with E-state index in [9.17, 15) is 27.2 Å². The van der Waals surface area contributed by atoms with Crippen LogP contribution >= 0.6 is 0 Å². The first-order valence-electron chi connectivity index (χ1n) is 7.87. The number of halogens is 4. The predicted molar refractivity (Wildman–Crippen MR) is 88.4 cm³/mol. The summed E-state index contributed by atoms with van der Waals surface area (Å²) in [6.45, 7) is 0. The van der Waals surface area contributed by atoms with Crippen LogP contribution in [0.2, 0.25) is 0 Å². The number of rotatable bonds is 6. The van der Waals surface area contributed by atoms with E-state index in [1.807, 2.05) is 0 Å². The number of alkyl halides is 3. The van der Waals surface area contributed by atoms with Crippen LogP contribution in [-0.4, -0.2) is 19.2 Å². The van der Waals surface area contributed by atoms with Gasteiger partial charge in [-0.1, -0.05) is 18.2 Å². The van der Waals surface area contributed by atoms with Crippen LogP contribution in [0.15, 0.2) is 42.5 Å². The molecule has 0 saturated heterocycles. The van der Waals surface area contributed by atoms with E-state index in [2.05, 4.69) is 5.32 Å². The summed E-state index contributed by atoms with van der Waals surface area (Å²) >= 11 is 0. The summed E-state index contributed by atoms with van der Waals surface area (Å²) in [7, 11) is 1.33. The number of hydrogen-bond acceptors (Lipinski definition) is 2. The molecular weight excluding hydrogens is 350 g/mol. The van der Waals surface area contributed by atoms with Gasteiger partial charge in [0.25, 0.3) is 5.91 Å². The number of carbonyl (C=O) groups excluding carboxylic acids is 2. The lowest BCUT2D eigenvalue weighted by Crippen LogP contribution is -2.21. The highest BCUT2D eigenvalue weighted by molar-refractivity contribution is 5.95. The van der Waals surface area contributed by atoms with Crippen molar-refractivity contribution in [2.75, 3.05) is 7.05 Å². The first-order valence-corrected chi connectivity index (χ1v) is 7.87. The van der Waals surface area contributed by atoms with E-state index in [0.29, 0.717) is 17.4 Å². The molecule has 0 radical (unpaired) electrons. The van der Waals surface area contributed by atoms with Gasteiger partial charge in [0.15, 0.2) is 0 Å². The number of hydrogen-bond donors (Lipinski definition) is 1. The Kier molecular flexibility index (Phi) is 6.13. The van der Waals surface area contributed by atoms with Crippen molar-refractivity contribution in [2.24, 2.45) is 0 Å². The second-order valence-corrected chi connectivity index (χ2v) is 5.80. The molecule has 138 valence electrons. The molecule has 2 aromatic carbocycles. The molecule has 0 fully saturated rings. The van der Waals surface area contributed by atoms with Crippen LogP contribution in [0, 0.1) is 5.82 Å². The SMILES string of the molecule is CNC(=O)c1cc(C(F)(F)F)ccc1CC(CC=O)c1ccc(F)cc1. The molecule has 1 N–H and O–H groups in total. The largest absolute Gasteiger partial charge is 0.416 e. The molecule has 0 saturated carbocycles. The molecule has 0 aliphatic rings. The van der Waals surface area contributed by atoms with E-state index >= 15 is 0 Å². The van der Waals surface area contributed by atoms with E-state index in [1.165, 1.54) is 37.4 Å². The van der Waals surface area contributed by atoms with E-state index in [4.69, 9.17) is 0 Å².